The van der Waals surface area contributed by atoms with Crippen molar-refractivity contribution in [2.75, 3.05) is 0 Å². The number of nitro groups is 1. The number of nitro benzene ring substituents is 1. The Bertz CT molecular complexity index is 1460. The number of ether oxygens (including phenoxy) is 2. The molecule has 0 aliphatic carbocycles. The Balaban J connectivity index is 1.62. The van der Waals surface area contributed by atoms with Gasteiger partial charge in [-0.1, -0.05) is 34.1 Å². The van der Waals surface area contributed by atoms with Gasteiger partial charge in [-0.15, -0.1) is 0 Å². The van der Waals surface area contributed by atoms with Gasteiger partial charge >= 0.3 is 11.9 Å². The fraction of sp³-hybridized carbons (Fsp3) is 0.0385. The van der Waals surface area contributed by atoms with E-state index in [1.807, 2.05) is 30.3 Å². The van der Waals surface area contributed by atoms with Gasteiger partial charge in [-0.25, -0.2) is 0 Å². The summed E-state index contributed by atoms with van der Waals surface area (Å²) in [5.41, 5.74) is -0.965. The van der Waals surface area contributed by atoms with Gasteiger partial charge in [0.2, 0.25) is 5.75 Å². The highest BCUT2D eigenvalue weighted by Gasteiger charge is 2.33. The van der Waals surface area contributed by atoms with Gasteiger partial charge in [0.15, 0.2) is 5.75 Å². The van der Waals surface area contributed by atoms with Gasteiger partial charge in [-0.2, -0.15) is 13.2 Å². The molecular formula is C26H15Br2F3N2O4. The van der Waals surface area contributed by atoms with Crippen LogP contribution in [0.2, 0.25) is 0 Å². The van der Waals surface area contributed by atoms with E-state index in [0.717, 1.165) is 12.1 Å². The summed E-state index contributed by atoms with van der Waals surface area (Å²) in [5.74, 6) is 1.10. The van der Waals surface area contributed by atoms with Crippen molar-refractivity contribution in [3.05, 3.63) is 115 Å². The Morgan fingerprint density at radius 1 is 0.865 bits per heavy atom. The van der Waals surface area contributed by atoms with Crippen molar-refractivity contribution >= 4 is 49.4 Å². The first-order chi connectivity index (χ1) is 17.6. The number of rotatable bonds is 7. The lowest BCUT2D eigenvalue weighted by Gasteiger charge is -2.13. The van der Waals surface area contributed by atoms with Crippen molar-refractivity contribution in [3.8, 4) is 23.0 Å². The molecule has 0 bridgehead atoms. The normalized spacial score (nSPS) is 11.5. The average Bonchev–Trinajstić information content (AvgIpc) is 2.85. The largest absolute Gasteiger partial charge is 0.457 e. The zero-order valence-electron chi connectivity index (χ0n) is 18.6. The Labute approximate surface area is 225 Å². The second-order valence-electron chi connectivity index (χ2n) is 7.51. The summed E-state index contributed by atoms with van der Waals surface area (Å²) in [4.78, 5) is 15.0. The zero-order valence-corrected chi connectivity index (χ0v) is 21.7. The van der Waals surface area contributed by atoms with Gasteiger partial charge in [-0.3, -0.25) is 15.1 Å². The predicted octanol–water partition coefficient (Wildman–Crippen LogP) is 9.47. The Hall–Kier alpha value is -3.70. The van der Waals surface area contributed by atoms with Crippen LogP contribution in [-0.2, 0) is 6.18 Å². The summed E-state index contributed by atoms with van der Waals surface area (Å²) in [6, 6.07) is 21.6. The van der Waals surface area contributed by atoms with Crippen molar-refractivity contribution in [3.63, 3.8) is 0 Å². The lowest BCUT2D eigenvalue weighted by Crippen LogP contribution is -2.06. The van der Waals surface area contributed by atoms with Gasteiger partial charge in [-0.05, 0) is 76.6 Å². The topological polar surface area (TPSA) is 74.0 Å². The van der Waals surface area contributed by atoms with E-state index < -0.39 is 22.4 Å². The van der Waals surface area contributed by atoms with E-state index in [1.54, 1.807) is 36.4 Å². The maximum atomic E-state index is 13.1. The average molecular weight is 636 g/mol. The first-order valence-electron chi connectivity index (χ1n) is 10.5. The Morgan fingerprint density at radius 2 is 1.54 bits per heavy atom. The summed E-state index contributed by atoms with van der Waals surface area (Å²) in [5, 5.41) is 11.5. The molecule has 0 amide bonds. The van der Waals surface area contributed by atoms with E-state index in [9.17, 15) is 23.3 Å². The minimum absolute atomic E-state index is 0.138. The van der Waals surface area contributed by atoms with Crippen LogP contribution in [0.1, 0.15) is 11.1 Å². The molecular weight excluding hydrogens is 621 g/mol. The maximum absolute atomic E-state index is 13.1. The van der Waals surface area contributed by atoms with Crippen LogP contribution in [0.3, 0.4) is 0 Å². The zero-order chi connectivity index (χ0) is 26.6. The molecule has 0 N–H and O–H groups in total. The molecule has 4 aromatic carbocycles. The molecule has 0 saturated heterocycles. The second kappa shape index (κ2) is 11.1. The van der Waals surface area contributed by atoms with E-state index in [-0.39, 0.29) is 11.5 Å². The number of alkyl halides is 3. The molecule has 4 rings (SSSR count). The first-order valence-corrected chi connectivity index (χ1v) is 12.1. The Kier molecular flexibility index (Phi) is 7.94. The van der Waals surface area contributed by atoms with Gasteiger partial charge in [0, 0.05) is 22.3 Å². The van der Waals surface area contributed by atoms with Crippen LogP contribution in [0.15, 0.2) is 98.9 Å². The smallest absolute Gasteiger partial charge is 0.416 e. The molecule has 0 unspecified atom stereocenters. The standard InChI is InChI=1S/C26H15Br2F3N2O4/c27-18-12-16(15-32-19-7-9-21(10-8-19)36-20-4-2-1-3-5-20)25(22(28)14-18)37-24-11-6-17(26(29,30)31)13-23(24)33(34)35/h1-15H. The fourth-order valence-electron chi connectivity index (χ4n) is 3.19. The molecule has 6 nitrogen and oxygen atoms in total. The van der Waals surface area contributed by atoms with E-state index >= 15 is 0 Å². The number of aliphatic imine (C=N–C) groups is 1. The number of nitrogens with zero attached hydrogens (tertiary/aromatic N) is 2. The third-order valence-corrected chi connectivity index (χ3v) is 5.95. The van der Waals surface area contributed by atoms with Crippen LogP contribution in [0.4, 0.5) is 24.5 Å². The van der Waals surface area contributed by atoms with E-state index in [4.69, 9.17) is 9.47 Å². The van der Waals surface area contributed by atoms with E-state index in [2.05, 4.69) is 36.9 Å². The molecule has 0 saturated carbocycles. The van der Waals surface area contributed by atoms with Gasteiger partial charge in [0.05, 0.1) is 20.6 Å². The van der Waals surface area contributed by atoms with Crippen molar-refractivity contribution < 1.29 is 27.6 Å². The molecule has 0 heterocycles. The number of halogens is 5. The molecule has 0 spiro atoms. The molecule has 0 fully saturated rings. The number of benzene rings is 4. The Morgan fingerprint density at radius 3 is 2.19 bits per heavy atom. The lowest BCUT2D eigenvalue weighted by atomic mass is 10.1. The summed E-state index contributed by atoms with van der Waals surface area (Å²) < 4.78 is 51.7. The molecule has 188 valence electrons. The summed E-state index contributed by atoms with van der Waals surface area (Å²) in [6.45, 7) is 0. The summed E-state index contributed by atoms with van der Waals surface area (Å²) >= 11 is 6.72. The fourth-order valence-corrected chi connectivity index (χ4v) is 4.52. The predicted molar refractivity (Wildman–Crippen MR) is 140 cm³/mol. The number of para-hydroxylation sites is 1. The van der Waals surface area contributed by atoms with Crippen LogP contribution >= 0.6 is 31.9 Å². The SMILES string of the molecule is O=[N+]([O-])c1cc(C(F)(F)F)ccc1Oc1c(Br)cc(Br)cc1C=Nc1ccc(Oc2ccccc2)cc1. The molecule has 0 atom stereocenters. The van der Waals surface area contributed by atoms with Gasteiger partial charge in [0.1, 0.15) is 11.5 Å². The number of hydrogen-bond acceptors (Lipinski definition) is 5. The highest BCUT2D eigenvalue weighted by atomic mass is 79.9. The quantitative estimate of drug-likeness (QED) is 0.115. The van der Waals surface area contributed by atoms with E-state index in [0.29, 0.717) is 37.8 Å². The molecule has 0 radical (unpaired) electrons. The van der Waals surface area contributed by atoms with Crippen LogP contribution < -0.4 is 9.47 Å². The highest BCUT2D eigenvalue weighted by molar-refractivity contribution is 9.11. The maximum Gasteiger partial charge on any atom is 0.416 e. The molecule has 0 aliphatic heterocycles. The van der Waals surface area contributed by atoms with Crippen LogP contribution in [-0.4, -0.2) is 11.1 Å². The third-order valence-electron chi connectivity index (χ3n) is 4.90. The summed E-state index contributed by atoms with van der Waals surface area (Å²) in [6.07, 6.45) is -3.26. The molecule has 0 aliphatic rings. The molecule has 4 aromatic rings. The highest BCUT2D eigenvalue weighted by Crippen LogP contribution is 2.41. The summed E-state index contributed by atoms with van der Waals surface area (Å²) in [7, 11) is 0. The molecule has 0 aromatic heterocycles. The van der Waals surface area contributed by atoms with Crippen molar-refractivity contribution in [2.45, 2.75) is 6.18 Å². The van der Waals surface area contributed by atoms with Crippen LogP contribution in [0.25, 0.3) is 0 Å². The van der Waals surface area contributed by atoms with Gasteiger partial charge in [0.25, 0.3) is 0 Å². The molecule has 11 heteroatoms. The van der Waals surface area contributed by atoms with E-state index in [1.165, 1.54) is 6.21 Å². The molecule has 37 heavy (non-hydrogen) atoms. The first kappa shape index (κ1) is 26.4. The minimum Gasteiger partial charge on any atom is -0.457 e. The third kappa shape index (κ3) is 6.75. The minimum atomic E-state index is -4.74. The monoisotopic (exact) mass is 634 g/mol. The van der Waals surface area contributed by atoms with Crippen molar-refractivity contribution in [1.29, 1.82) is 0 Å². The van der Waals surface area contributed by atoms with Crippen molar-refractivity contribution in [2.24, 2.45) is 4.99 Å². The lowest BCUT2D eigenvalue weighted by molar-refractivity contribution is -0.385. The van der Waals surface area contributed by atoms with Crippen LogP contribution in [0, 0.1) is 10.1 Å². The van der Waals surface area contributed by atoms with Crippen molar-refractivity contribution in [1.82, 2.24) is 0 Å². The van der Waals surface area contributed by atoms with Gasteiger partial charge < -0.3 is 9.47 Å². The number of hydrogen-bond donors (Lipinski definition) is 0. The second-order valence-corrected chi connectivity index (χ2v) is 9.28. The van der Waals surface area contributed by atoms with Crippen LogP contribution in [0.5, 0.6) is 23.0 Å².